The third-order valence-corrected chi connectivity index (χ3v) is 9.20. The highest BCUT2D eigenvalue weighted by atomic mass is 16.5. The van der Waals surface area contributed by atoms with Crippen molar-refractivity contribution in [1.29, 1.82) is 0 Å². The van der Waals surface area contributed by atoms with Gasteiger partial charge < -0.3 is 29.7 Å². The van der Waals surface area contributed by atoms with Gasteiger partial charge in [0.05, 0.1) is 36.6 Å². The first-order chi connectivity index (χ1) is 20.9. The summed E-state index contributed by atoms with van der Waals surface area (Å²) in [6.07, 6.45) is 10.2. The van der Waals surface area contributed by atoms with Gasteiger partial charge in [-0.05, 0) is 24.8 Å². The molecule has 232 valence electrons. The molecule has 0 bridgehead atoms. The van der Waals surface area contributed by atoms with E-state index < -0.39 is 47.6 Å². The molecule has 1 aromatic carbocycles. The van der Waals surface area contributed by atoms with Crippen molar-refractivity contribution in [2.75, 3.05) is 26.3 Å². The van der Waals surface area contributed by atoms with Gasteiger partial charge in [-0.2, -0.15) is 0 Å². The Morgan fingerprint density at radius 1 is 1.07 bits per heavy atom. The summed E-state index contributed by atoms with van der Waals surface area (Å²) >= 11 is 0. The quantitative estimate of drug-likeness (QED) is 0.270. The largest absolute Gasteiger partial charge is 0.463 e. The first kappa shape index (κ1) is 30.9. The van der Waals surface area contributed by atoms with Crippen molar-refractivity contribution in [1.82, 2.24) is 15.1 Å². The van der Waals surface area contributed by atoms with Gasteiger partial charge in [0.1, 0.15) is 18.2 Å². The molecule has 5 rings (SSSR count). The lowest BCUT2D eigenvalue weighted by molar-refractivity contribution is -0.151. The van der Waals surface area contributed by atoms with Crippen LogP contribution >= 0.6 is 0 Å². The maximum Gasteiger partial charge on any atom is 0.306 e. The van der Waals surface area contributed by atoms with E-state index in [9.17, 15) is 24.3 Å². The molecule has 4 aliphatic heterocycles. The summed E-state index contributed by atoms with van der Waals surface area (Å²) < 4.78 is 12.3. The van der Waals surface area contributed by atoms with E-state index in [0.29, 0.717) is 25.9 Å². The smallest absolute Gasteiger partial charge is 0.306 e. The number of carbonyl (C=O) groups excluding carboxylic acids is 4. The van der Waals surface area contributed by atoms with E-state index in [2.05, 4.69) is 12.2 Å². The molecule has 43 heavy (non-hydrogen) atoms. The van der Waals surface area contributed by atoms with Gasteiger partial charge in [-0.25, -0.2) is 0 Å². The number of benzene rings is 1. The first-order valence-corrected chi connectivity index (χ1v) is 15.6. The van der Waals surface area contributed by atoms with Crippen LogP contribution in [0.4, 0.5) is 0 Å². The number of amides is 3. The number of likely N-dealkylation sites (tertiary alicyclic amines) is 1. The summed E-state index contributed by atoms with van der Waals surface area (Å²) in [7, 11) is 0. The number of hydrogen-bond donors (Lipinski definition) is 2. The third kappa shape index (κ3) is 5.87. The van der Waals surface area contributed by atoms with Gasteiger partial charge in [0.15, 0.2) is 0 Å². The van der Waals surface area contributed by atoms with Crippen LogP contribution in [0, 0.1) is 11.8 Å². The van der Waals surface area contributed by atoms with Crippen LogP contribution < -0.4 is 5.32 Å². The molecule has 10 heteroatoms. The number of carbonyl (C=O) groups is 4. The van der Waals surface area contributed by atoms with E-state index in [0.717, 1.165) is 24.8 Å². The number of aliphatic hydroxyl groups excluding tert-OH is 1. The minimum absolute atomic E-state index is 0.0530. The highest BCUT2D eigenvalue weighted by Gasteiger charge is 2.72. The maximum atomic E-state index is 14.5. The van der Waals surface area contributed by atoms with E-state index in [1.165, 1.54) is 4.90 Å². The monoisotopic (exact) mass is 593 g/mol. The number of aliphatic hydroxyl groups is 1. The minimum Gasteiger partial charge on any atom is -0.463 e. The van der Waals surface area contributed by atoms with Gasteiger partial charge in [-0.15, -0.1) is 0 Å². The van der Waals surface area contributed by atoms with Crippen molar-refractivity contribution in [2.24, 2.45) is 11.8 Å². The molecule has 0 saturated carbocycles. The van der Waals surface area contributed by atoms with E-state index in [1.807, 2.05) is 49.4 Å². The molecule has 0 aliphatic carbocycles. The Bertz CT molecular complexity index is 1250. The second-order valence-electron chi connectivity index (χ2n) is 11.8. The predicted octanol–water partition coefficient (Wildman–Crippen LogP) is 2.68. The number of esters is 1. The Morgan fingerprint density at radius 2 is 1.86 bits per heavy atom. The summed E-state index contributed by atoms with van der Waals surface area (Å²) in [5.41, 5.74) is -0.626. The number of cyclic esters (lactones) is 1. The number of fused-ring (bicyclic) bond motifs is 2. The third-order valence-electron chi connectivity index (χ3n) is 9.20. The van der Waals surface area contributed by atoms with Gasteiger partial charge in [-0.1, -0.05) is 81.3 Å². The Labute approximate surface area is 253 Å². The molecule has 2 saturated heterocycles. The summed E-state index contributed by atoms with van der Waals surface area (Å²) in [5.74, 6) is -3.32. The molecule has 1 spiro atoms. The fraction of sp³-hybridized carbons (Fsp3) is 0.576. The van der Waals surface area contributed by atoms with Crippen molar-refractivity contribution in [3.63, 3.8) is 0 Å². The van der Waals surface area contributed by atoms with E-state index in [4.69, 9.17) is 9.47 Å². The number of nitrogens with one attached hydrogen (secondary N) is 1. The molecule has 0 aromatic heterocycles. The second kappa shape index (κ2) is 13.4. The van der Waals surface area contributed by atoms with E-state index in [1.54, 1.807) is 17.1 Å². The summed E-state index contributed by atoms with van der Waals surface area (Å²) in [6, 6.07) is 6.99. The summed E-state index contributed by atoms with van der Waals surface area (Å²) in [4.78, 5) is 58.7. The zero-order valence-corrected chi connectivity index (χ0v) is 25.0. The van der Waals surface area contributed by atoms with Crippen LogP contribution in [0.15, 0.2) is 54.6 Å². The van der Waals surface area contributed by atoms with E-state index >= 15 is 0 Å². The highest BCUT2D eigenvalue weighted by molar-refractivity contribution is 6.00. The van der Waals surface area contributed by atoms with Gasteiger partial charge in [0, 0.05) is 19.5 Å². The summed E-state index contributed by atoms with van der Waals surface area (Å²) in [5, 5.41) is 13.4. The molecule has 7 atom stereocenters. The van der Waals surface area contributed by atoms with Crippen LogP contribution in [0.25, 0.3) is 0 Å². The average Bonchev–Trinajstić information content (AvgIpc) is 3.40. The van der Waals surface area contributed by atoms with Gasteiger partial charge in [0.25, 0.3) is 0 Å². The Kier molecular flexibility index (Phi) is 9.66. The van der Waals surface area contributed by atoms with Crippen molar-refractivity contribution in [3.8, 4) is 0 Å². The Balaban J connectivity index is 1.57. The number of ether oxygens (including phenoxy) is 2. The fourth-order valence-corrected chi connectivity index (χ4v) is 6.98. The average molecular weight is 594 g/mol. The van der Waals surface area contributed by atoms with Gasteiger partial charge in [0.2, 0.25) is 17.7 Å². The van der Waals surface area contributed by atoms with Crippen molar-refractivity contribution in [3.05, 3.63) is 60.2 Å². The van der Waals surface area contributed by atoms with Crippen molar-refractivity contribution in [2.45, 2.75) is 82.2 Å². The molecule has 0 radical (unpaired) electrons. The normalized spacial score (nSPS) is 32.5. The van der Waals surface area contributed by atoms with Crippen LogP contribution in [0.5, 0.6) is 0 Å². The highest BCUT2D eigenvalue weighted by Crippen LogP contribution is 2.53. The van der Waals surface area contributed by atoms with Crippen LogP contribution in [-0.4, -0.2) is 88.7 Å². The van der Waals surface area contributed by atoms with Crippen molar-refractivity contribution >= 4 is 23.7 Å². The maximum absolute atomic E-state index is 14.5. The molecule has 4 aliphatic rings. The molecule has 10 nitrogen and oxygen atoms in total. The number of nitrogens with zero attached hydrogens (tertiary/aromatic N) is 2. The van der Waals surface area contributed by atoms with E-state index in [-0.39, 0.29) is 37.4 Å². The SMILES string of the molecule is CCCCCN1CC=C[C@@]23O[C@H]4/C=C\CCC(=O)OC[C@H](c5ccccc5)NC(=O)[C@H]4[C@@H]2C(=O)N([C@@H](CC)CO)[C@H]3C1=O. The Morgan fingerprint density at radius 3 is 2.58 bits per heavy atom. The molecule has 1 aromatic rings. The molecule has 4 heterocycles. The molecular formula is C33H43N3O7. The molecule has 2 N–H and O–H groups in total. The second-order valence-corrected chi connectivity index (χ2v) is 11.8. The lowest BCUT2D eigenvalue weighted by Crippen LogP contribution is -2.58. The molecule has 2 fully saturated rings. The summed E-state index contributed by atoms with van der Waals surface area (Å²) in [6.45, 7) is 4.53. The minimum atomic E-state index is -1.39. The number of rotatable bonds is 8. The fourth-order valence-electron chi connectivity index (χ4n) is 6.98. The zero-order chi connectivity index (χ0) is 30.6. The number of unbranched alkanes of at least 4 members (excludes halogenated alkanes) is 2. The number of hydrogen-bond acceptors (Lipinski definition) is 7. The first-order valence-electron chi connectivity index (χ1n) is 15.6. The topological polar surface area (TPSA) is 125 Å². The van der Waals surface area contributed by atoms with Crippen LogP contribution in [-0.2, 0) is 28.7 Å². The Hall–Kier alpha value is -3.50. The van der Waals surface area contributed by atoms with Crippen LogP contribution in [0.2, 0.25) is 0 Å². The van der Waals surface area contributed by atoms with Gasteiger partial charge >= 0.3 is 5.97 Å². The molecule has 3 amide bonds. The molecular weight excluding hydrogens is 550 g/mol. The van der Waals surface area contributed by atoms with Crippen molar-refractivity contribution < 1.29 is 33.8 Å². The molecule has 0 unspecified atom stereocenters. The van der Waals surface area contributed by atoms with Gasteiger partial charge in [-0.3, -0.25) is 19.2 Å². The lowest BCUT2D eigenvalue weighted by Gasteiger charge is -2.38. The van der Waals surface area contributed by atoms with Crippen LogP contribution in [0.3, 0.4) is 0 Å². The van der Waals surface area contributed by atoms with Crippen LogP contribution in [0.1, 0.15) is 64.0 Å². The zero-order valence-electron chi connectivity index (χ0n) is 25.0. The number of allylic oxidation sites excluding steroid dienone is 1. The standard InChI is InChI=1S/C33H43N3O7/c1-3-5-11-18-35-19-12-17-33-28(31(40)36(23(4-2)20-37)29(33)32(35)41)27-25(43-33)15-9-10-16-26(38)42-21-24(34-30(27)39)22-13-7-6-8-14-22/h6-9,12-15,17,23-25,27-29,37H,3-5,10-11,16,18-21H2,1-2H3,(H,34,39)/b15-9-/t23-,24+,25-,27+,28+,29-,33+/m0/s1. The predicted molar refractivity (Wildman–Crippen MR) is 158 cm³/mol. The lowest BCUT2D eigenvalue weighted by atomic mass is 9.77.